The molecule has 3 fully saturated rings. The molecule has 0 aromatic heterocycles. The average molecular weight is 263 g/mol. The van der Waals surface area contributed by atoms with Crippen LogP contribution in [0.2, 0.25) is 0 Å². The summed E-state index contributed by atoms with van der Waals surface area (Å²) in [6.07, 6.45) is 11.7. The van der Waals surface area contributed by atoms with Crippen LogP contribution < -0.4 is 5.32 Å². The van der Waals surface area contributed by atoms with Crippen LogP contribution in [0.1, 0.15) is 79.1 Å². The monoisotopic (exact) mass is 263 g/mol. The van der Waals surface area contributed by atoms with Gasteiger partial charge >= 0.3 is 0 Å². The minimum atomic E-state index is 0.510. The van der Waals surface area contributed by atoms with Crippen molar-refractivity contribution in [2.45, 2.75) is 91.1 Å². The normalized spacial score (nSPS) is 43.6. The summed E-state index contributed by atoms with van der Waals surface area (Å²) in [5.41, 5.74) is 1.09. The van der Waals surface area contributed by atoms with Gasteiger partial charge in [-0.05, 0) is 61.7 Å². The van der Waals surface area contributed by atoms with Crippen LogP contribution in [0, 0.1) is 22.7 Å². The molecule has 2 unspecified atom stereocenters. The van der Waals surface area contributed by atoms with Crippen LogP contribution in [0.3, 0.4) is 0 Å². The number of fused-ring (bicyclic) bond motifs is 2. The van der Waals surface area contributed by atoms with Crippen molar-refractivity contribution >= 4 is 0 Å². The molecule has 3 aliphatic rings. The predicted molar refractivity (Wildman–Crippen MR) is 82.2 cm³/mol. The van der Waals surface area contributed by atoms with Gasteiger partial charge in [0.25, 0.3) is 0 Å². The second kappa shape index (κ2) is 4.76. The highest BCUT2D eigenvalue weighted by Gasteiger charge is 2.59. The zero-order chi connectivity index (χ0) is 13.7. The van der Waals surface area contributed by atoms with Crippen molar-refractivity contribution < 1.29 is 0 Å². The molecule has 0 radical (unpaired) electrons. The van der Waals surface area contributed by atoms with Gasteiger partial charge in [0.1, 0.15) is 0 Å². The molecule has 4 atom stereocenters. The molecule has 3 rings (SSSR count). The van der Waals surface area contributed by atoms with Gasteiger partial charge in [0.2, 0.25) is 0 Å². The topological polar surface area (TPSA) is 12.0 Å². The molecule has 110 valence electrons. The third-order valence-corrected chi connectivity index (χ3v) is 7.06. The second-order valence-corrected chi connectivity index (χ2v) is 8.70. The molecular formula is C18H33N. The molecule has 0 heterocycles. The zero-order valence-electron chi connectivity index (χ0n) is 13.5. The van der Waals surface area contributed by atoms with Gasteiger partial charge in [-0.2, -0.15) is 0 Å². The number of rotatable bonds is 3. The summed E-state index contributed by atoms with van der Waals surface area (Å²) in [5, 5.41) is 4.11. The van der Waals surface area contributed by atoms with E-state index in [1.54, 1.807) is 0 Å². The Morgan fingerprint density at radius 1 is 1.00 bits per heavy atom. The van der Waals surface area contributed by atoms with Gasteiger partial charge in [0.15, 0.2) is 0 Å². The van der Waals surface area contributed by atoms with Gasteiger partial charge in [-0.25, -0.2) is 0 Å². The largest absolute Gasteiger partial charge is 0.310 e. The van der Waals surface area contributed by atoms with Crippen LogP contribution in [0.15, 0.2) is 0 Å². The van der Waals surface area contributed by atoms with E-state index in [1.165, 1.54) is 51.4 Å². The Labute approximate surface area is 119 Å². The Morgan fingerprint density at radius 2 is 1.68 bits per heavy atom. The van der Waals surface area contributed by atoms with Gasteiger partial charge < -0.3 is 5.32 Å². The third-order valence-electron chi connectivity index (χ3n) is 7.06. The SMILES string of the molecule is CC(NC1C(C)(C)[C@H]2CC[C@]1(C)C2)C1CCCCC1. The minimum Gasteiger partial charge on any atom is -0.310 e. The molecule has 19 heavy (non-hydrogen) atoms. The highest BCUT2D eigenvalue weighted by molar-refractivity contribution is 5.12. The maximum Gasteiger partial charge on any atom is 0.0177 e. The molecule has 0 aromatic rings. The highest BCUT2D eigenvalue weighted by atomic mass is 15.0. The Bertz CT molecular complexity index is 324. The van der Waals surface area contributed by atoms with Gasteiger partial charge in [-0.1, -0.05) is 40.0 Å². The molecule has 0 aliphatic heterocycles. The van der Waals surface area contributed by atoms with Crippen molar-refractivity contribution in [1.82, 2.24) is 5.32 Å². The first kappa shape index (κ1) is 13.9. The first-order valence-electron chi connectivity index (χ1n) is 8.69. The molecule has 2 bridgehead atoms. The summed E-state index contributed by atoms with van der Waals surface area (Å²) in [6, 6.07) is 1.47. The first-order valence-corrected chi connectivity index (χ1v) is 8.69. The molecule has 0 aromatic carbocycles. The molecule has 1 N–H and O–H groups in total. The van der Waals surface area contributed by atoms with Crippen molar-refractivity contribution in [3.63, 3.8) is 0 Å². The van der Waals surface area contributed by atoms with E-state index in [0.29, 0.717) is 10.8 Å². The fourth-order valence-corrected chi connectivity index (χ4v) is 5.75. The van der Waals surface area contributed by atoms with Crippen LogP contribution in [-0.2, 0) is 0 Å². The van der Waals surface area contributed by atoms with E-state index in [1.807, 2.05) is 0 Å². The van der Waals surface area contributed by atoms with Crippen molar-refractivity contribution in [3.8, 4) is 0 Å². The fraction of sp³-hybridized carbons (Fsp3) is 1.00. The Morgan fingerprint density at radius 3 is 2.26 bits per heavy atom. The van der Waals surface area contributed by atoms with E-state index in [4.69, 9.17) is 0 Å². The molecular weight excluding hydrogens is 230 g/mol. The maximum atomic E-state index is 4.11. The van der Waals surface area contributed by atoms with E-state index in [2.05, 4.69) is 33.0 Å². The van der Waals surface area contributed by atoms with Crippen LogP contribution in [0.5, 0.6) is 0 Å². The fourth-order valence-electron chi connectivity index (χ4n) is 5.75. The maximum absolute atomic E-state index is 4.11. The predicted octanol–water partition coefficient (Wildman–Crippen LogP) is 4.76. The summed E-state index contributed by atoms with van der Waals surface area (Å²) in [6.45, 7) is 10.1. The van der Waals surface area contributed by atoms with E-state index >= 15 is 0 Å². The number of hydrogen-bond acceptors (Lipinski definition) is 1. The minimum absolute atomic E-state index is 0.510. The quantitative estimate of drug-likeness (QED) is 0.774. The summed E-state index contributed by atoms with van der Waals surface area (Å²) in [4.78, 5) is 0. The Hall–Kier alpha value is -0.0400. The van der Waals surface area contributed by atoms with Gasteiger partial charge in [-0.15, -0.1) is 0 Å². The second-order valence-electron chi connectivity index (χ2n) is 8.70. The number of nitrogens with one attached hydrogen (secondary N) is 1. The van der Waals surface area contributed by atoms with Crippen molar-refractivity contribution in [1.29, 1.82) is 0 Å². The van der Waals surface area contributed by atoms with E-state index in [-0.39, 0.29) is 0 Å². The van der Waals surface area contributed by atoms with Gasteiger partial charge in [-0.3, -0.25) is 0 Å². The van der Waals surface area contributed by atoms with E-state index in [0.717, 1.165) is 23.9 Å². The molecule has 0 amide bonds. The van der Waals surface area contributed by atoms with Gasteiger partial charge in [0.05, 0.1) is 0 Å². The lowest BCUT2D eigenvalue weighted by molar-refractivity contribution is 0.0876. The van der Waals surface area contributed by atoms with Crippen molar-refractivity contribution in [3.05, 3.63) is 0 Å². The molecule has 0 spiro atoms. The molecule has 1 nitrogen and oxygen atoms in total. The lowest BCUT2D eigenvalue weighted by Crippen LogP contribution is -2.54. The smallest absolute Gasteiger partial charge is 0.0177 e. The van der Waals surface area contributed by atoms with Crippen molar-refractivity contribution in [2.75, 3.05) is 0 Å². The Balaban J connectivity index is 1.68. The summed E-state index contributed by atoms with van der Waals surface area (Å²) in [7, 11) is 0. The summed E-state index contributed by atoms with van der Waals surface area (Å²) >= 11 is 0. The van der Waals surface area contributed by atoms with Crippen LogP contribution in [0.25, 0.3) is 0 Å². The van der Waals surface area contributed by atoms with E-state index < -0.39 is 0 Å². The van der Waals surface area contributed by atoms with Crippen molar-refractivity contribution in [2.24, 2.45) is 22.7 Å². The summed E-state index contributed by atoms with van der Waals surface area (Å²) < 4.78 is 0. The molecule has 1 heteroatoms. The molecule has 3 aliphatic carbocycles. The first-order chi connectivity index (χ1) is 8.93. The van der Waals surface area contributed by atoms with Crippen LogP contribution in [0.4, 0.5) is 0 Å². The lowest BCUT2D eigenvalue weighted by Gasteiger charge is -2.46. The lowest BCUT2D eigenvalue weighted by atomic mass is 9.68. The highest BCUT2D eigenvalue weighted by Crippen LogP contribution is 2.62. The van der Waals surface area contributed by atoms with Crippen LogP contribution >= 0.6 is 0 Å². The molecule has 0 saturated heterocycles. The van der Waals surface area contributed by atoms with E-state index in [9.17, 15) is 0 Å². The standard InChI is InChI=1S/C18H33N/c1-13(14-8-6-5-7-9-14)19-16-17(2,3)15-10-11-18(16,4)12-15/h13-16,19H,5-12H2,1-4H3/t13?,15-,16?,18+/m0/s1. The average Bonchev–Trinajstić information content (AvgIpc) is 2.87. The summed E-state index contributed by atoms with van der Waals surface area (Å²) in [5.74, 6) is 1.90. The van der Waals surface area contributed by atoms with Gasteiger partial charge in [0, 0.05) is 12.1 Å². The van der Waals surface area contributed by atoms with Crippen LogP contribution in [-0.4, -0.2) is 12.1 Å². The Kier molecular flexibility index (Phi) is 3.48. The zero-order valence-corrected chi connectivity index (χ0v) is 13.5. The number of hydrogen-bond donors (Lipinski definition) is 1. The molecule has 3 saturated carbocycles. The third kappa shape index (κ3) is 2.26.